The van der Waals surface area contributed by atoms with Gasteiger partial charge in [-0.15, -0.1) is 0 Å². The molecule has 11 heavy (non-hydrogen) atoms. The molecule has 0 heterocycles. The van der Waals surface area contributed by atoms with E-state index in [1.54, 1.807) is 0 Å². The van der Waals surface area contributed by atoms with Crippen molar-refractivity contribution < 1.29 is 0 Å². The van der Waals surface area contributed by atoms with Crippen molar-refractivity contribution in [3.63, 3.8) is 0 Å². The molecular formula is C11H16. The Hall–Kier alpha value is -0.780. The molecule has 0 spiro atoms. The van der Waals surface area contributed by atoms with Crippen LogP contribution in [0.15, 0.2) is 34.9 Å². The predicted octanol–water partition coefficient (Wildman–Crippen LogP) is 3.62. The molecule has 0 amide bonds. The highest BCUT2D eigenvalue weighted by Gasteiger charge is 2.03. The Morgan fingerprint density at radius 3 is 2.64 bits per heavy atom. The maximum atomic E-state index is 2.29. The fourth-order valence-corrected chi connectivity index (χ4v) is 1.36. The zero-order valence-corrected chi connectivity index (χ0v) is 7.65. The molecule has 0 aromatic rings. The van der Waals surface area contributed by atoms with E-state index in [1.165, 1.54) is 29.6 Å². The maximum absolute atomic E-state index is 2.29. The van der Waals surface area contributed by atoms with Gasteiger partial charge in [0.1, 0.15) is 0 Å². The van der Waals surface area contributed by atoms with E-state index in [0.717, 1.165) is 0 Å². The Kier molecular flexibility index (Phi) is 2.70. The van der Waals surface area contributed by atoms with Crippen LogP contribution >= 0.6 is 0 Å². The molecule has 0 fully saturated rings. The summed E-state index contributed by atoms with van der Waals surface area (Å²) in [5.41, 5.74) is 4.44. The minimum absolute atomic E-state index is 1.24. The third-order valence-corrected chi connectivity index (χ3v) is 2.14. The molecule has 0 heteroatoms. The first-order valence-corrected chi connectivity index (χ1v) is 4.23. The van der Waals surface area contributed by atoms with Crippen LogP contribution < -0.4 is 0 Å². The Labute approximate surface area is 69.3 Å². The summed E-state index contributed by atoms with van der Waals surface area (Å²) in [5, 5.41) is 0. The Balaban J connectivity index is 2.88. The second-order valence-electron chi connectivity index (χ2n) is 3.23. The van der Waals surface area contributed by atoms with Gasteiger partial charge in [-0.3, -0.25) is 0 Å². The van der Waals surface area contributed by atoms with Crippen molar-refractivity contribution >= 4 is 0 Å². The lowest BCUT2D eigenvalue weighted by Crippen LogP contribution is -1.92. The smallest absolute Gasteiger partial charge is 0.0271 e. The van der Waals surface area contributed by atoms with E-state index in [9.17, 15) is 0 Å². The molecule has 0 N–H and O–H groups in total. The van der Waals surface area contributed by atoms with Gasteiger partial charge in [0.25, 0.3) is 0 Å². The van der Waals surface area contributed by atoms with Crippen molar-refractivity contribution in [2.75, 3.05) is 0 Å². The molecule has 0 saturated heterocycles. The molecule has 1 aliphatic rings. The monoisotopic (exact) mass is 148 g/mol. The summed E-state index contributed by atoms with van der Waals surface area (Å²) in [4.78, 5) is 0. The summed E-state index contributed by atoms with van der Waals surface area (Å²) in [6, 6.07) is 0. The van der Waals surface area contributed by atoms with Crippen molar-refractivity contribution in [3.8, 4) is 0 Å². The Morgan fingerprint density at radius 2 is 2.00 bits per heavy atom. The summed E-state index contributed by atoms with van der Waals surface area (Å²) in [7, 11) is 0. The second kappa shape index (κ2) is 3.56. The highest BCUT2D eigenvalue weighted by Crippen LogP contribution is 2.23. The highest BCUT2D eigenvalue weighted by molar-refractivity contribution is 5.39. The van der Waals surface area contributed by atoms with Crippen molar-refractivity contribution in [2.24, 2.45) is 0 Å². The lowest BCUT2D eigenvalue weighted by atomic mass is 9.94. The summed E-state index contributed by atoms with van der Waals surface area (Å²) in [6.45, 7) is 6.49. The van der Waals surface area contributed by atoms with Gasteiger partial charge >= 0.3 is 0 Å². The van der Waals surface area contributed by atoms with Crippen molar-refractivity contribution in [1.82, 2.24) is 0 Å². The topological polar surface area (TPSA) is 0 Å². The fraction of sp³-hybridized carbons (Fsp3) is 0.455. The van der Waals surface area contributed by atoms with Crippen LogP contribution in [0.2, 0.25) is 0 Å². The van der Waals surface area contributed by atoms with Crippen molar-refractivity contribution in [2.45, 2.75) is 33.6 Å². The average Bonchev–Trinajstić information content (AvgIpc) is 1.98. The maximum Gasteiger partial charge on any atom is -0.0271 e. The highest BCUT2D eigenvalue weighted by atomic mass is 14.1. The number of hydrogen-bond acceptors (Lipinski definition) is 0. The molecule has 0 saturated carbocycles. The number of rotatable bonds is 1. The minimum Gasteiger partial charge on any atom is -0.0871 e. The van der Waals surface area contributed by atoms with Crippen LogP contribution in [0.5, 0.6) is 0 Å². The molecular weight excluding hydrogens is 132 g/mol. The van der Waals surface area contributed by atoms with E-state index in [4.69, 9.17) is 0 Å². The fourth-order valence-electron chi connectivity index (χ4n) is 1.36. The first-order chi connectivity index (χ1) is 5.24. The van der Waals surface area contributed by atoms with Crippen LogP contribution in [0, 0.1) is 0 Å². The van der Waals surface area contributed by atoms with Gasteiger partial charge in [-0.1, -0.05) is 29.4 Å². The second-order valence-corrected chi connectivity index (χ2v) is 3.23. The van der Waals surface area contributed by atoms with Gasteiger partial charge in [-0.05, 0) is 39.2 Å². The van der Waals surface area contributed by atoms with Crippen LogP contribution in [0.4, 0.5) is 0 Å². The third kappa shape index (κ3) is 2.07. The van der Waals surface area contributed by atoms with Crippen LogP contribution in [-0.4, -0.2) is 0 Å². The van der Waals surface area contributed by atoms with Crippen LogP contribution in [0.25, 0.3) is 0 Å². The number of allylic oxidation sites excluding steroid dienone is 6. The summed E-state index contributed by atoms with van der Waals surface area (Å²) >= 11 is 0. The average molecular weight is 148 g/mol. The van der Waals surface area contributed by atoms with E-state index < -0.39 is 0 Å². The zero-order chi connectivity index (χ0) is 8.27. The van der Waals surface area contributed by atoms with Crippen LogP contribution in [0.1, 0.15) is 33.6 Å². The van der Waals surface area contributed by atoms with Crippen molar-refractivity contribution in [3.05, 3.63) is 34.9 Å². The van der Waals surface area contributed by atoms with Gasteiger partial charge in [0.2, 0.25) is 0 Å². The summed E-state index contributed by atoms with van der Waals surface area (Å²) < 4.78 is 0. The lowest BCUT2D eigenvalue weighted by molar-refractivity contribution is 0.894. The lowest BCUT2D eigenvalue weighted by Gasteiger charge is -2.12. The Morgan fingerprint density at radius 1 is 1.27 bits per heavy atom. The van der Waals surface area contributed by atoms with Gasteiger partial charge in [0.15, 0.2) is 0 Å². The quantitative estimate of drug-likeness (QED) is 0.532. The molecule has 0 aliphatic heterocycles. The largest absolute Gasteiger partial charge is 0.0871 e. The van der Waals surface area contributed by atoms with Gasteiger partial charge < -0.3 is 0 Å². The van der Waals surface area contributed by atoms with Crippen molar-refractivity contribution in [1.29, 1.82) is 0 Å². The SMILES string of the molecule is C/C=C\C1=C(C)CCC(C)=C1. The van der Waals surface area contributed by atoms with E-state index >= 15 is 0 Å². The molecule has 0 nitrogen and oxygen atoms in total. The molecule has 60 valence electrons. The van der Waals surface area contributed by atoms with E-state index in [1.807, 2.05) is 0 Å². The predicted molar refractivity (Wildman–Crippen MR) is 50.5 cm³/mol. The summed E-state index contributed by atoms with van der Waals surface area (Å²) in [6.07, 6.45) is 9.07. The van der Waals surface area contributed by atoms with Crippen LogP contribution in [0.3, 0.4) is 0 Å². The molecule has 0 atom stereocenters. The normalized spacial score (nSPS) is 19.4. The minimum atomic E-state index is 1.24. The third-order valence-electron chi connectivity index (χ3n) is 2.14. The van der Waals surface area contributed by atoms with Gasteiger partial charge in [0.05, 0.1) is 0 Å². The van der Waals surface area contributed by atoms with Crippen LogP contribution in [-0.2, 0) is 0 Å². The molecule has 0 bridgehead atoms. The molecule has 0 radical (unpaired) electrons. The van der Waals surface area contributed by atoms with Gasteiger partial charge in [-0.25, -0.2) is 0 Å². The molecule has 0 aromatic carbocycles. The molecule has 0 unspecified atom stereocenters. The first-order valence-electron chi connectivity index (χ1n) is 4.23. The molecule has 0 aromatic heterocycles. The van der Waals surface area contributed by atoms with Gasteiger partial charge in [0, 0.05) is 0 Å². The van der Waals surface area contributed by atoms with E-state index in [-0.39, 0.29) is 0 Å². The van der Waals surface area contributed by atoms with E-state index in [0.29, 0.717) is 0 Å². The molecule has 1 rings (SSSR count). The Bertz CT molecular complexity index is 226. The summed E-state index contributed by atoms with van der Waals surface area (Å²) in [5.74, 6) is 0. The van der Waals surface area contributed by atoms with E-state index in [2.05, 4.69) is 39.0 Å². The zero-order valence-electron chi connectivity index (χ0n) is 7.65. The van der Waals surface area contributed by atoms with Gasteiger partial charge in [-0.2, -0.15) is 0 Å². The standard InChI is InChI=1S/C11H16/c1-4-5-11-8-9(2)6-7-10(11)3/h4-5,8H,6-7H2,1-3H3/b5-4-. The number of hydrogen-bond donors (Lipinski definition) is 0. The molecule has 1 aliphatic carbocycles. The first kappa shape index (κ1) is 8.32.